The van der Waals surface area contributed by atoms with Crippen molar-refractivity contribution in [3.8, 4) is 11.9 Å². The lowest BCUT2D eigenvalue weighted by Crippen LogP contribution is -2.04. The van der Waals surface area contributed by atoms with Crippen LogP contribution >= 0.6 is 0 Å². The predicted molar refractivity (Wildman–Crippen MR) is 78.7 cm³/mol. The molecule has 5 heteroatoms. The summed E-state index contributed by atoms with van der Waals surface area (Å²) in [5.74, 6) is 1.98. The molecule has 3 rings (SSSR count). The van der Waals surface area contributed by atoms with Crippen molar-refractivity contribution < 1.29 is 4.74 Å². The lowest BCUT2D eigenvalue weighted by molar-refractivity contribution is 0.288. The maximum absolute atomic E-state index is 9.00. The summed E-state index contributed by atoms with van der Waals surface area (Å²) < 4.78 is 5.60. The Morgan fingerprint density at radius 1 is 1.29 bits per heavy atom. The van der Waals surface area contributed by atoms with Crippen LogP contribution in [-0.4, -0.2) is 16.6 Å². The van der Waals surface area contributed by atoms with Gasteiger partial charge in [-0.25, -0.2) is 9.97 Å². The van der Waals surface area contributed by atoms with E-state index in [2.05, 4.69) is 21.4 Å². The van der Waals surface area contributed by atoms with Gasteiger partial charge in [0.05, 0.1) is 12.2 Å². The third kappa shape index (κ3) is 3.69. The van der Waals surface area contributed by atoms with Crippen molar-refractivity contribution >= 4 is 5.82 Å². The number of nitrogens with zero attached hydrogens (tertiary/aromatic N) is 3. The van der Waals surface area contributed by atoms with Crippen LogP contribution in [0.4, 0.5) is 5.82 Å². The number of aromatic nitrogens is 2. The molecule has 0 aliphatic heterocycles. The molecule has 1 fully saturated rings. The molecule has 21 heavy (non-hydrogen) atoms. The third-order valence-corrected chi connectivity index (χ3v) is 3.35. The smallest absolute Gasteiger partial charge is 0.213 e. The van der Waals surface area contributed by atoms with Crippen LogP contribution in [-0.2, 0) is 6.54 Å². The molecule has 5 nitrogen and oxygen atoms in total. The maximum Gasteiger partial charge on any atom is 0.213 e. The zero-order chi connectivity index (χ0) is 14.5. The van der Waals surface area contributed by atoms with Gasteiger partial charge < -0.3 is 10.1 Å². The minimum atomic E-state index is 0.537. The molecule has 0 aromatic carbocycles. The van der Waals surface area contributed by atoms with E-state index in [-0.39, 0.29) is 0 Å². The van der Waals surface area contributed by atoms with Crippen LogP contribution in [0.1, 0.15) is 24.0 Å². The molecule has 1 saturated carbocycles. The number of ether oxygens (including phenoxy) is 1. The fraction of sp³-hybridized carbons (Fsp3) is 0.312. The minimum Gasteiger partial charge on any atom is -0.477 e. The molecule has 1 aliphatic carbocycles. The maximum atomic E-state index is 9.00. The van der Waals surface area contributed by atoms with E-state index in [4.69, 9.17) is 10.00 Å². The van der Waals surface area contributed by atoms with E-state index < -0.39 is 0 Å². The normalized spacial score (nSPS) is 13.5. The van der Waals surface area contributed by atoms with Crippen molar-refractivity contribution in [2.24, 2.45) is 5.92 Å². The average Bonchev–Trinajstić information content (AvgIpc) is 3.36. The summed E-state index contributed by atoms with van der Waals surface area (Å²) in [6.07, 6.45) is 5.99. The van der Waals surface area contributed by atoms with Gasteiger partial charge in [0, 0.05) is 25.0 Å². The Morgan fingerprint density at radius 3 is 2.90 bits per heavy atom. The molecule has 2 heterocycles. The number of anilines is 1. The van der Waals surface area contributed by atoms with Crippen LogP contribution in [0, 0.1) is 17.2 Å². The Hall–Kier alpha value is -2.61. The zero-order valence-corrected chi connectivity index (χ0v) is 11.6. The van der Waals surface area contributed by atoms with Crippen LogP contribution in [0.3, 0.4) is 0 Å². The Labute approximate surface area is 123 Å². The number of rotatable bonds is 6. The number of hydrogen-bond donors (Lipinski definition) is 1. The first-order valence-corrected chi connectivity index (χ1v) is 7.02. The number of hydrogen-bond acceptors (Lipinski definition) is 5. The first kappa shape index (κ1) is 13.4. The molecular weight excluding hydrogens is 264 g/mol. The summed E-state index contributed by atoms with van der Waals surface area (Å²) >= 11 is 0. The van der Waals surface area contributed by atoms with Gasteiger partial charge in [0.2, 0.25) is 5.88 Å². The first-order chi connectivity index (χ1) is 10.3. The van der Waals surface area contributed by atoms with Crippen LogP contribution in [0.25, 0.3) is 0 Å². The minimum absolute atomic E-state index is 0.537. The molecule has 0 unspecified atom stereocenters. The molecule has 2 aromatic rings. The number of nitriles is 1. The summed E-state index contributed by atoms with van der Waals surface area (Å²) in [6, 6.07) is 9.45. The second-order valence-corrected chi connectivity index (χ2v) is 5.12. The fourth-order valence-corrected chi connectivity index (χ4v) is 1.91. The van der Waals surface area contributed by atoms with Crippen molar-refractivity contribution in [3.63, 3.8) is 0 Å². The Bertz CT molecular complexity index is 644. The Morgan fingerprint density at radius 2 is 2.19 bits per heavy atom. The summed E-state index contributed by atoms with van der Waals surface area (Å²) in [5, 5.41) is 12.1. The number of nitrogens with one attached hydrogen (secondary N) is 1. The fourth-order valence-electron chi connectivity index (χ4n) is 1.91. The van der Waals surface area contributed by atoms with Crippen molar-refractivity contribution in [1.29, 1.82) is 5.26 Å². The van der Waals surface area contributed by atoms with Crippen LogP contribution < -0.4 is 10.1 Å². The highest BCUT2D eigenvalue weighted by atomic mass is 16.5. The number of pyridine rings is 2. The first-order valence-electron chi connectivity index (χ1n) is 7.02. The van der Waals surface area contributed by atoms with Crippen molar-refractivity contribution in [3.05, 3.63) is 47.8 Å². The SMILES string of the molecule is N#Cc1cccnc1NCc1ccc(OCC2CC2)nc1. The second kappa shape index (κ2) is 6.23. The molecule has 0 atom stereocenters. The van der Waals surface area contributed by atoms with Crippen LogP contribution in [0.2, 0.25) is 0 Å². The molecule has 2 aromatic heterocycles. The summed E-state index contributed by atoms with van der Waals surface area (Å²) in [6.45, 7) is 1.34. The van der Waals surface area contributed by atoms with E-state index in [1.165, 1.54) is 12.8 Å². The van der Waals surface area contributed by atoms with E-state index in [9.17, 15) is 0 Å². The summed E-state index contributed by atoms with van der Waals surface area (Å²) in [7, 11) is 0. The van der Waals surface area contributed by atoms with E-state index in [1.807, 2.05) is 12.1 Å². The molecule has 0 saturated heterocycles. The van der Waals surface area contributed by atoms with Gasteiger partial charge in [-0.2, -0.15) is 5.26 Å². The quantitative estimate of drug-likeness (QED) is 0.881. The summed E-state index contributed by atoms with van der Waals surface area (Å²) in [4.78, 5) is 8.44. The molecule has 0 radical (unpaired) electrons. The molecule has 106 valence electrons. The molecular formula is C16H16N4O. The Kier molecular flexibility index (Phi) is 3.97. The van der Waals surface area contributed by atoms with Gasteiger partial charge in [0.25, 0.3) is 0 Å². The molecule has 1 aliphatic rings. The largest absolute Gasteiger partial charge is 0.477 e. The van der Waals surface area contributed by atoms with Crippen molar-refractivity contribution in [1.82, 2.24) is 9.97 Å². The predicted octanol–water partition coefficient (Wildman–Crippen LogP) is 2.75. The topological polar surface area (TPSA) is 70.8 Å². The third-order valence-electron chi connectivity index (χ3n) is 3.35. The van der Waals surface area contributed by atoms with Gasteiger partial charge in [-0.1, -0.05) is 6.07 Å². The molecule has 0 amide bonds. The van der Waals surface area contributed by atoms with E-state index in [0.29, 0.717) is 23.8 Å². The van der Waals surface area contributed by atoms with Crippen LogP contribution in [0.15, 0.2) is 36.7 Å². The van der Waals surface area contributed by atoms with Crippen molar-refractivity contribution in [2.75, 3.05) is 11.9 Å². The van der Waals surface area contributed by atoms with E-state index >= 15 is 0 Å². The lowest BCUT2D eigenvalue weighted by atomic mass is 10.2. The van der Waals surface area contributed by atoms with Gasteiger partial charge in [-0.3, -0.25) is 0 Å². The Balaban J connectivity index is 1.56. The van der Waals surface area contributed by atoms with Gasteiger partial charge in [-0.15, -0.1) is 0 Å². The van der Waals surface area contributed by atoms with E-state index in [0.717, 1.165) is 18.1 Å². The second-order valence-electron chi connectivity index (χ2n) is 5.12. The lowest BCUT2D eigenvalue weighted by Gasteiger charge is -2.08. The van der Waals surface area contributed by atoms with Crippen molar-refractivity contribution in [2.45, 2.75) is 19.4 Å². The van der Waals surface area contributed by atoms with Gasteiger partial charge in [0.15, 0.2) is 0 Å². The highest BCUT2D eigenvalue weighted by Crippen LogP contribution is 2.29. The monoisotopic (exact) mass is 280 g/mol. The molecule has 1 N–H and O–H groups in total. The molecule has 0 spiro atoms. The van der Waals surface area contributed by atoms with Gasteiger partial charge in [-0.05, 0) is 36.5 Å². The highest BCUT2D eigenvalue weighted by molar-refractivity contribution is 5.51. The van der Waals surface area contributed by atoms with Gasteiger partial charge in [0.1, 0.15) is 11.9 Å². The summed E-state index contributed by atoms with van der Waals surface area (Å²) in [5.41, 5.74) is 1.55. The average molecular weight is 280 g/mol. The highest BCUT2D eigenvalue weighted by Gasteiger charge is 2.21. The van der Waals surface area contributed by atoms with E-state index in [1.54, 1.807) is 24.5 Å². The zero-order valence-electron chi connectivity index (χ0n) is 11.6. The van der Waals surface area contributed by atoms with Gasteiger partial charge >= 0.3 is 0 Å². The standard InChI is InChI=1S/C16H16N4O/c17-8-14-2-1-7-18-16(14)20-10-13-5-6-15(19-9-13)21-11-12-3-4-12/h1-2,5-7,9,12H,3-4,10-11H2,(H,18,20). The molecule has 0 bridgehead atoms. The van der Waals surface area contributed by atoms with Crippen LogP contribution in [0.5, 0.6) is 5.88 Å².